The summed E-state index contributed by atoms with van der Waals surface area (Å²) in [6, 6.07) is 7.95. The molecule has 15 heavy (non-hydrogen) atoms. The maximum atomic E-state index is 12.1. The quantitative estimate of drug-likeness (QED) is 0.642. The first-order valence-electron chi connectivity index (χ1n) is 4.97. The number of ketones is 1. The van der Waals surface area contributed by atoms with Crippen LogP contribution in [0.4, 0.5) is 0 Å². The highest BCUT2D eigenvalue weighted by molar-refractivity contribution is 8.25. The summed E-state index contributed by atoms with van der Waals surface area (Å²) in [5.41, 5.74) is 3.13. The Hall–Kier alpha value is -0.670. The van der Waals surface area contributed by atoms with Gasteiger partial charge in [-0.15, -0.1) is 23.5 Å². The molecule has 1 aliphatic heterocycles. The van der Waals surface area contributed by atoms with Crippen molar-refractivity contribution in [1.82, 2.24) is 0 Å². The minimum Gasteiger partial charge on any atom is -0.289 e. The second kappa shape index (κ2) is 3.72. The predicted octanol–water partition coefficient (Wildman–Crippen LogP) is 3.12. The van der Waals surface area contributed by atoms with Crippen molar-refractivity contribution in [1.29, 1.82) is 0 Å². The van der Waals surface area contributed by atoms with Crippen molar-refractivity contribution in [3.8, 4) is 0 Å². The largest absolute Gasteiger partial charge is 0.289 e. The minimum atomic E-state index is 0.252. The summed E-state index contributed by atoms with van der Waals surface area (Å²) >= 11 is 3.67. The number of thioether (sulfide) groups is 2. The molecule has 0 unspecified atom stereocenters. The van der Waals surface area contributed by atoms with Gasteiger partial charge in [0.2, 0.25) is 0 Å². The lowest BCUT2D eigenvalue weighted by Gasteiger charge is -1.98. The molecule has 2 aliphatic rings. The van der Waals surface area contributed by atoms with E-state index in [0.29, 0.717) is 0 Å². The average molecular weight is 234 g/mol. The molecule has 0 aromatic heterocycles. The lowest BCUT2D eigenvalue weighted by atomic mass is 10.1. The average Bonchev–Trinajstić information content (AvgIpc) is 2.87. The van der Waals surface area contributed by atoms with Crippen LogP contribution in [-0.2, 0) is 6.42 Å². The van der Waals surface area contributed by atoms with E-state index in [1.807, 2.05) is 41.7 Å². The fraction of sp³-hybridized carbons (Fsp3) is 0.250. The molecule has 1 heterocycles. The Morgan fingerprint density at radius 2 is 1.80 bits per heavy atom. The van der Waals surface area contributed by atoms with Crippen LogP contribution in [0.2, 0.25) is 0 Å². The smallest absolute Gasteiger partial charge is 0.191 e. The van der Waals surface area contributed by atoms with E-state index in [0.717, 1.165) is 29.1 Å². The minimum absolute atomic E-state index is 0.252. The lowest BCUT2D eigenvalue weighted by Crippen LogP contribution is -1.96. The van der Waals surface area contributed by atoms with Gasteiger partial charge in [0, 0.05) is 33.3 Å². The van der Waals surface area contributed by atoms with Gasteiger partial charge in [-0.3, -0.25) is 4.79 Å². The first-order valence-corrected chi connectivity index (χ1v) is 6.95. The Balaban J connectivity index is 2.06. The number of Topliss-reactive ketones (excluding diaryl/α,β-unsaturated/α-hetero) is 1. The zero-order valence-corrected chi connectivity index (χ0v) is 9.79. The highest BCUT2D eigenvalue weighted by atomic mass is 32.2. The van der Waals surface area contributed by atoms with Crippen LogP contribution in [0.15, 0.2) is 34.1 Å². The van der Waals surface area contributed by atoms with E-state index in [1.54, 1.807) is 0 Å². The number of allylic oxidation sites excluding steroid dienone is 1. The number of rotatable bonds is 0. The Bertz CT molecular complexity index is 454. The molecule has 1 saturated heterocycles. The van der Waals surface area contributed by atoms with Crippen molar-refractivity contribution in [3.05, 3.63) is 45.2 Å². The van der Waals surface area contributed by atoms with Crippen molar-refractivity contribution in [2.24, 2.45) is 0 Å². The topological polar surface area (TPSA) is 17.1 Å². The van der Waals surface area contributed by atoms with Crippen molar-refractivity contribution in [2.75, 3.05) is 11.5 Å². The van der Waals surface area contributed by atoms with E-state index in [2.05, 4.69) is 6.07 Å². The first kappa shape index (κ1) is 9.55. The Kier molecular flexibility index (Phi) is 2.37. The molecule has 0 atom stereocenters. The molecule has 0 amide bonds. The van der Waals surface area contributed by atoms with E-state index in [1.165, 1.54) is 9.80 Å². The first-order chi connectivity index (χ1) is 7.36. The van der Waals surface area contributed by atoms with Gasteiger partial charge < -0.3 is 0 Å². The fourth-order valence-corrected chi connectivity index (χ4v) is 4.53. The van der Waals surface area contributed by atoms with Crippen LogP contribution in [0.1, 0.15) is 15.9 Å². The molecule has 0 N–H and O–H groups in total. The third kappa shape index (κ3) is 1.54. The van der Waals surface area contributed by atoms with Gasteiger partial charge in [0.15, 0.2) is 5.78 Å². The Morgan fingerprint density at radius 3 is 2.53 bits per heavy atom. The molecule has 3 rings (SSSR count). The van der Waals surface area contributed by atoms with Crippen LogP contribution in [0.25, 0.3) is 0 Å². The van der Waals surface area contributed by atoms with E-state index < -0.39 is 0 Å². The van der Waals surface area contributed by atoms with Gasteiger partial charge in [0.25, 0.3) is 0 Å². The van der Waals surface area contributed by atoms with Crippen molar-refractivity contribution in [2.45, 2.75) is 6.42 Å². The van der Waals surface area contributed by atoms with Crippen LogP contribution in [0.3, 0.4) is 0 Å². The monoisotopic (exact) mass is 234 g/mol. The van der Waals surface area contributed by atoms with E-state index >= 15 is 0 Å². The van der Waals surface area contributed by atoms with E-state index in [4.69, 9.17) is 0 Å². The van der Waals surface area contributed by atoms with Gasteiger partial charge >= 0.3 is 0 Å². The Morgan fingerprint density at radius 1 is 1.07 bits per heavy atom. The molecule has 0 spiro atoms. The molecule has 1 fully saturated rings. The van der Waals surface area contributed by atoms with Crippen LogP contribution >= 0.6 is 23.5 Å². The molecule has 3 heteroatoms. The van der Waals surface area contributed by atoms with Crippen LogP contribution in [-0.4, -0.2) is 17.3 Å². The summed E-state index contributed by atoms with van der Waals surface area (Å²) in [5, 5.41) is 0. The highest BCUT2D eigenvalue weighted by Crippen LogP contribution is 2.42. The maximum absolute atomic E-state index is 12.1. The van der Waals surface area contributed by atoms with E-state index in [9.17, 15) is 4.79 Å². The lowest BCUT2D eigenvalue weighted by molar-refractivity contribution is 0.103. The summed E-state index contributed by atoms with van der Waals surface area (Å²) in [7, 11) is 0. The normalized spacial score (nSPS) is 19.9. The maximum Gasteiger partial charge on any atom is 0.191 e. The third-order valence-electron chi connectivity index (χ3n) is 2.70. The molecule has 76 valence electrons. The number of carbonyl (C=O) groups is 1. The summed E-state index contributed by atoms with van der Waals surface area (Å²) < 4.78 is 1.26. The molecule has 0 saturated carbocycles. The van der Waals surface area contributed by atoms with Crippen LogP contribution in [0.5, 0.6) is 0 Å². The highest BCUT2D eigenvalue weighted by Gasteiger charge is 2.28. The van der Waals surface area contributed by atoms with Gasteiger partial charge in [0.1, 0.15) is 0 Å². The summed E-state index contributed by atoms with van der Waals surface area (Å²) in [6.45, 7) is 0. The second-order valence-electron chi connectivity index (χ2n) is 3.63. The molecular formula is C12H10OS2. The molecule has 0 bridgehead atoms. The number of carbonyl (C=O) groups excluding carboxylic acids is 1. The van der Waals surface area contributed by atoms with Crippen LogP contribution < -0.4 is 0 Å². The van der Waals surface area contributed by atoms with Gasteiger partial charge in [-0.2, -0.15) is 0 Å². The van der Waals surface area contributed by atoms with E-state index in [-0.39, 0.29) is 5.78 Å². The fourth-order valence-electron chi connectivity index (χ4n) is 1.98. The Labute approximate surface area is 97.3 Å². The number of hydrogen-bond acceptors (Lipinski definition) is 3. The predicted molar refractivity (Wildman–Crippen MR) is 66.4 cm³/mol. The number of hydrogen-bond donors (Lipinski definition) is 0. The number of fused-ring (bicyclic) bond motifs is 1. The molecule has 1 nitrogen and oxygen atoms in total. The van der Waals surface area contributed by atoms with Gasteiger partial charge in [0.05, 0.1) is 0 Å². The molecular weight excluding hydrogens is 224 g/mol. The third-order valence-corrected chi connectivity index (χ3v) is 5.50. The van der Waals surface area contributed by atoms with Gasteiger partial charge in [-0.1, -0.05) is 24.3 Å². The molecule has 1 aromatic carbocycles. The zero-order chi connectivity index (χ0) is 10.3. The molecule has 0 radical (unpaired) electrons. The number of benzene rings is 1. The van der Waals surface area contributed by atoms with Crippen LogP contribution in [0, 0.1) is 0 Å². The van der Waals surface area contributed by atoms with Gasteiger partial charge in [-0.05, 0) is 5.56 Å². The second-order valence-corrected chi connectivity index (χ2v) is 6.09. The summed E-state index contributed by atoms with van der Waals surface area (Å²) in [6.07, 6.45) is 0.838. The van der Waals surface area contributed by atoms with Crippen molar-refractivity contribution >= 4 is 29.3 Å². The SMILES string of the molecule is O=C1C(=C2SCCS2)Cc2ccccc21. The van der Waals surface area contributed by atoms with Crippen molar-refractivity contribution in [3.63, 3.8) is 0 Å². The summed E-state index contributed by atoms with van der Waals surface area (Å²) in [4.78, 5) is 12.1. The summed E-state index contributed by atoms with van der Waals surface area (Å²) in [5.74, 6) is 2.54. The molecule has 1 aliphatic carbocycles. The van der Waals surface area contributed by atoms with Crippen molar-refractivity contribution < 1.29 is 4.79 Å². The standard InChI is InChI=1S/C12H10OS2/c13-11-9-4-2-1-3-8(9)7-10(11)12-14-5-6-15-12/h1-4H,5-7H2. The zero-order valence-electron chi connectivity index (χ0n) is 8.16. The molecule has 1 aromatic rings. The van der Waals surface area contributed by atoms with Gasteiger partial charge in [-0.25, -0.2) is 0 Å².